The first kappa shape index (κ1) is 15.8. The second kappa shape index (κ2) is 6.29. The number of anilines is 1. The summed E-state index contributed by atoms with van der Waals surface area (Å²) in [5, 5.41) is 4.62. The molecule has 5 nitrogen and oxygen atoms in total. The van der Waals surface area contributed by atoms with Crippen molar-refractivity contribution in [3.8, 4) is 11.4 Å². The van der Waals surface area contributed by atoms with Gasteiger partial charge in [0, 0.05) is 29.2 Å². The Hall–Kier alpha value is -2.73. The number of amides is 1. The first-order valence-corrected chi connectivity index (χ1v) is 8.13. The van der Waals surface area contributed by atoms with Crippen molar-refractivity contribution in [2.45, 2.75) is 12.3 Å². The molecule has 126 valence electrons. The average Bonchev–Trinajstić information content (AvgIpc) is 3.23. The minimum absolute atomic E-state index is 0.0529. The lowest BCUT2D eigenvalue weighted by Gasteiger charge is -2.15. The van der Waals surface area contributed by atoms with E-state index in [2.05, 4.69) is 10.1 Å². The first-order chi connectivity index (χ1) is 12.1. The van der Waals surface area contributed by atoms with Crippen LogP contribution < -0.4 is 4.90 Å². The van der Waals surface area contributed by atoms with Gasteiger partial charge in [-0.2, -0.15) is 4.98 Å². The molecular formula is C18H13ClFN3O2. The van der Waals surface area contributed by atoms with Gasteiger partial charge in [-0.05, 0) is 48.5 Å². The van der Waals surface area contributed by atoms with Crippen LogP contribution in [0.5, 0.6) is 0 Å². The van der Waals surface area contributed by atoms with E-state index in [0.29, 0.717) is 29.0 Å². The molecule has 0 unspecified atom stereocenters. The fourth-order valence-electron chi connectivity index (χ4n) is 2.86. The van der Waals surface area contributed by atoms with E-state index in [4.69, 9.17) is 16.1 Å². The molecule has 1 amide bonds. The minimum Gasteiger partial charge on any atom is -0.339 e. The molecule has 2 aromatic carbocycles. The summed E-state index contributed by atoms with van der Waals surface area (Å²) in [5.41, 5.74) is 1.45. The van der Waals surface area contributed by atoms with Gasteiger partial charge in [0.1, 0.15) is 5.82 Å². The molecule has 0 saturated carbocycles. The quantitative estimate of drug-likeness (QED) is 0.709. The van der Waals surface area contributed by atoms with Gasteiger partial charge in [-0.15, -0.1) is 0 Å². The summed E-state index contributed by atoms with van der Waals surface area (Å²) in [4.78, 5) is 18.3. The highest BCUT2D eigenvalue weighted by atomic mass is 35.5. The van der Waals surface area contributed by atoms with Crippen molar-refractivity contribution >= 4 is 23.2 Å². The second-order valence-electron chi connectivity index (χ2n) is 5.84. The molecule has 1 atom stereocenters. The van der Waals surface area contributed by atoms with Gasteiger partial charge in [0.15, 0.2) is 0 Å². The number of benzene rings is 2. The maximum atomic E-state index is 13.1. The standard InChI is InChI=1S/C18H13ClFN3O2/c19-13-3-1-11(2-4-13)17-21-18(25-22-17)12-9-16(24)23(10-12)15-7-5-14(20)6-8-15/h1-8,12H,9-10H2/t12-/m0/s1. The SMILES string of the molecule is O=C1C[C@H](c2nc(-c3ccc(Cl)cc3)no2)CN1c1ccc(F)cc1. The molecule has 0 N–H and O–H groups in total. The van der Waals surface area contributed by atoms with Gasteiger partial charge < -0.3 is 9.42 Å². The van der Waals surface area contributed by atoms with E-state index in [9.17, 15) is 9.18 Å². The number of aromatic nitrogens is 2. The fourth-order valence-corrected chi connectivity index (χ4v) is 2.99. The molecule has 1 aliphatic heterocycles. The normalized spacial score (nSPS) is 17.3. The van der Waals surface area contributed by atoms with Crippen molar-refractivity contribution in [3.63, 3.8) is 0 Å². The molecule has 25 heavy (non-hydrogen) atoms. The third-order valence-corrected chi connectivity index (χ3v) is 4.41. The third-order valence-electron chi connectivity index (χ3n) is 4.16. The topological polar surface area (TPSA) is 59.2 Å². The van der Waals surface area contributed by atoms with Gasteiger partial charge in [-0.1, -0.05) is 16.8 Å². The van der Waals surface area contributed by atoms with E-state index in [-0.39, 0.29) is 24.1 Å². The largest absolute Gasteiger partial charge is 0.339 e. The minimum atomic E-state index is -0.337. The lowest BCUT2D eigenvalue weighted by molar-refractivity contribution is -0.117. The molecule has 4 rings (SSSR count). The number of nitrogens with zero attached hydrogens (tertiary/aromatic N) is 3. The van der Waals surface area contributed by atoms with Crippen molar-refractivity contribution < 1.29 is 13.7 Å². The highest BCUT2D eigenvalue weighted by Crippen LogP contribution is 2.32. The third kappa shape index (κ3) is 3.13. The summed E-state index contributed by atoms with van der Waals surface area (Å²) >= 11 is 5.88. The molecule has 2 heterocycles. The van der Waals surface area contributed by atoms with Crippen LogP contribution in [0.2, 0.25) is 5.02 Å². The second-order valence-corrected chi connectivity index (χ2v) is 6.28. The Morgan fingerprint density at radius 2 is 1.84 bits per heavy atom. The molecule has 0 aliphatic carbocycles. The first-order valence-electron chi connectivity index (χ1n) is 7.75. The van der Waals surface area contributed by atoms with E-state index in [1.165, 1.54) is 12.1 Å². The van der Waals surface area contributed by atoms with Crippen LogP contribution in [0.4, 0.5) is 10.1 Å². The summed E-state index contributed by atoms with van der Waals surface area (Å²) < 4.78 is 18.4. The molecule has 1 aliphatic rings. The van der Waals surface area contributed by atoms with Gasteiger partial charge in [0.25, 0.3) is 0 Å². The maximum absolute atomic E-state index is 13.1. The van der Waals surface area contributed by atoms with Crippen LogP contribution in [-0.2, 0) is 4.79 Å². The van der Waals surface area contributed by atoms with Crippen LogP contribution in [0, 0.1) is 5.82 Å². The van der Waals surface area contributed by atoms with Crippen LogP contribution in [0.25, 0.3) is 11.4 Å². The smallest absolute Gasteiger partial charge is 0.232 e. The number of carbonyl (C=O) groups excluding carboxylic acids is 1. The Kier molecular flexibility index (Phi) is 3.97. The Labute approximate surface area is 148 Å². The van der Waals surface area contributed by atoms with E-state index in [1.54, 1.807) is 29.2 Å². The zero-order valence-electron chi connectivity index (χ0n) is 13.0. The number of hydrogen-bond acceptors (Lipinski definition) is 4. The molecular weight excluding hydrogens is 345 g/mol. The van der Waals surface area contributed by atoms with Crippen LogP contribution in [0.15, 0.2) is 53.1 Å². The molecule has 0 radical (unpaired) electrons. The monoisotopic (exact) mass is 357 g/mol. The van der Waals surface area contributed by atoms with Gasteiger partial charge in [-0.3, -0.25) is 4.79 Å². The Morgan fingerprint density at radius 1 is 1.12 bits per heavy atom. The number of hydrogen-bond donors (Lipinski definition) is 0. The molecule has 1 fully saturated rings. The van der Waals surface area contributed by atoms with E-state index in [0.717, 1.165) is 5.56 Å². The summed E-state index contributed by atoms with van der Waals surface area (Å²) in [6.45, 7) is 0.423. The summed E-state index contributed by atoms with van der Waals surface area (Å²) in [7, 11) is 0. The Balaban J connectivity index is 1.54. The molecule has 0 bridgehead atoms. The summed E-state index contributed by atoms with van der Waals surface area (Å²) in [5.74, 6) is 0.299. The molecule has 1 aromatic heterocycles. The van der Waals surface area contributed by atoms with E-state index in [1.807, 2.05) is 12.1 Å². The van der Waals surface area contributed by atoms with Gasteiger partial charge >= 0.3 is 0 Å². The van der Waals surface area contributed by atoms with Crippen molar-refractivity contribution in [1.29, 1.82) is 0 Å². The Bertz CT molecular complexity index is 909. The van der Waals surface area contributed by atoms with Gasteiger partial charge in [0.05, 0.1) is 5.92 Å². The van der Waals surface area contributed by atoms with E-state index >= 15 is 0 Å². The summed E-state index contributed by atoms with van der Waals surface area (Å²) in [6.07, 6.45) is 0.277. The van der Waals surface area contributed by atoms with Crippen molar-refractivity contribution in [2.24, 2.45) is 0 Å². The highest BCUT2D eigenvalue weighted by Gasteiger charge is 2.35. The fraction of sp³-hybridized carbons (Fsp3) is 0.167. The lowest BCUT2D eigenvalue weighted by atomic mass is 10.1. The van der Waals surface area contributed by atoms with Crippen molar-refractivity contribution in [3.05, 3.63) is 65.3 Å². The number of halogens is 2. The van der Waals surface area contributed by atoms with Crippen LogP contribution >= 0.6 is 11.6 Å². The highest BCUT2D eigenvalue weighted by molar-refractivity contribution is 6.30. The lowest BCUT2D eigenvalue weighted by Crippen LogP contribution is -2.24. The number of carbonyl (C=O) groups is 1. The van der Waals surface area contributed by atoms with Crippen molar-refractivity contribution in [1.82, 2.24) is 10.1 Å². The van der Waals surface area contributed by atoms with Crippen LogP contribution in [0.3, 0.4) is 0 Å². The molecule has 7 heteroatoms. The molecule has 3 aromatic rings. The molecule has 0 spiro atoms. The van der Waals surface area contributed by atoms with Gasteiger partial charge in [0.2, 0.25) is 17.6 Å². The zero-order chi connectivity index (χ0) is 17.4. The molecule has 1 saturated heterocycles. The predicted molar refractivity (Wildman–Crippen MR) is 90.9 cm³/mol. The average molecular weight is 358 g/mol. The Morgan fingerprint density at radius 3 is 2.56 bits per heavy atom. The van der Waals surface area contributed by atoms with Crippen LogP contribution in [-0.4, -0.2) is 22.6 Å². The van der Waals surface area contributed by atoms with Crippen molar-refractivity contribution in [2.75, 3.05) is 11.4 Å². The van der Waals surface area contributed by atoms with E-state index < -0.39 is 0 Å². The van der Waals surface area contributed by atoms with Crippen LogP contribution in [0.1, 0.15) is 18.2 Å². The predicted octanol–water partition coefficient (Wildman–Crippen LogP) is 4.05. The van der Waals surface area contributed by atoms with Gasteiger partial charge in [-0.25, -0.2) is 4.39 Å². The number of rotatable bonds is 3. The maximum Gasteiger partial charge on any atom is 0.232 e. The summed E-state index contributed by atoms with van der Waals surface area (Å²) in [6, 6.07) is 13.0. The zero-order valence-corrected chi connectivity index (χ0v) is 13.8.